The van der Waals surface area contributed by atoms with Crippen LogP contribution in [0, 0.1) is 0 Å². The molecule has 0 bridgehead atoms. The van der Waals surface area contributed by atoms with Gasteiger partial charge in [-0.25, -0.2) is 9.18 Å². The van der Waals surface area contributed by atoms with Crippen LogP contribution in [0.15, 0.2) is 26.4 Å². The van der Waals surface area contributed by atoms with Gasteiger partial charge in [0.1, 0.15) is 5.60 Å². The number of likely N-dealkylation sites (tertiary alicyclic amines) is 1. The van der Waals surface area contributed by atoms with Crippen LogP contribution in [0.5, 0.6) is 0 Å². The number of nitrogens with one attached hydrogen (secondary N) is 1. The van der Waals surface area contributed by atoms with E-state index in [2.05, 4.69) is 26.5 Å². The molecule has 0 atom stereocenters. The van der Waals surface area contributed by atoms with E-state index in [9.17, 15) is 4.79 Å². The molecule has 1 fully saturated rings. The molecule has 1 saturated heterocycles. The van der Waals surface area contributed by atoms with Crippen LogP contribution in [0.4, 0.5) is 9.18 Å². The predicted molar refractivity (Wildman–Crippen MR) is 92.4 cm³/mol. The molecule has 0 aromatic heterocycles. The van der Waals surface area contributed by atoms with Crippen LogP contribution in [-0.2, 0) is 4.74 Å². The number of amides is 1. The van der Waals surface area contributed by atoms with E-state index in [1.165, 1.54) is 11.1 Å². The van der Waals surface area contributed by atoms with Gasteiger partial charge in [0.2, 0.25) is 0 Å². The molecule has 0 aromatic carbocycles. The molecular formula is C15H20BrClFN3O2. The number of rotatable bonds is 1. The van der Waals surface area contributed by atoms with Gasteiger partial charge in [0.25, 0.3) is 0 Å². The highest BCUT2D eigenvalue weighted by Crippen LogP contribution is 2.36. The van der Waals surface area contributed by atoms with E-state index in [0.29, 0.717) is 4.48 Å². The first kappa shape index (κ1) is 18.3. The molecule has 1 N–H and O–H groups in total. The van der Waals surface area contributed by atoms with Crippen molar-refractivity contribution in [3.05, 3.63) is 21.3 Å². The summed E-state index contributed by atoms with van der Waals surface area (Å²) >= 11 is 9.44. The lowest BCUT2D eigenvalue weighted by atomic mass is 9.89. The lowest BCUT2D eigenvalue weighted by molar-refractivity contribution is 0.00840. The fourth-order valence-corrected chi connectivity index (χ4v) is 3.17. The minimum atomic E-state index is -1.65. The molecular weight excluding hydrogens is 389 g/mol. The number of carbonyl (C=O) groups is 1. The van der Waals surface area contributed by atoms with E-state index in [4.69, 9.17) is 16.3 Å². The summed E-state index contributed by atoms with van der Waals surface area (Å²) in [7, 11) is 0. The highest BCUT2D eigenvalue weighted by molar-refractivity contribution is 9.12. The average molecular weight is 409 g/mol. The summed E-state index contributed by atoms with van der Waals surface area (Å²) in [6.07, 6.45) is 2.95. The van der Waals surface area contributed by atoms with Crippen molar-refractivity contribution >= 4 is 39.8 Å². The van der Waals surface area contributed by atoms with Crippen LogP contribution >= 0.6 is 27.5 Å². The first-order valence-corrected chi connectivity index (χ1v) is 8.51. The summed E-state index contributed by atoms with van der Waals surface area (Å²) in [6, 6.07) is 0. The first-order valence-electron chi connectivity index (χ1n) is 7.34. The molecule has 1 amide bonds. The Bertz CT molecular complexity index is 576. The second-order valence-electron chi connectivity index (χ2n) is 6.55. The van der Waals surface area contributed by atoms with Gasteiger partial charge in [0.15, 0.2) is 5.67 Å². The highest BCUT2D eigenvalue weighted by Gasteiger charge is 2.42. The van der Waals surface area contributed by atoms with Crippen molar-refractivity contribution in [1.29, 1.82) is 0 Å². The number of allylic oxidation sites excluding steroid dienone is 4. The fraction of sp³-hybridized carbons (Fsp3) is 0.600. The van der Waals surface area contributed by atoms with Crippen LogP contribution in [0.2, 0.25) is 0 Å². The lowest BCUT2D eigenvalue weighted by Gasteiger charge is -2.38. The molecule has 2 heterocycles. The minimum Gasteiger partial charge on any atom is -0.444 e. The Morgan fingerprint density at radius 3 is 2.65 bits per heavy atom. The Kier molecular flexibility index (Phi) is 5.41. The quantitative estimate of drug-likeness (QED) is 0.712. The van der Waals surface area contributed by atoms with Crippen molar-refractivity contribution in [1.82, 2.24) is 10.3 Å². The van der Waals surface area contributed by atoms with Crippen LogP contribution in [0.3, 0.4) is 0 Å². The van der Waals surface area contributed by atoms with Crippen LogP contribution in [0.25, 0.3) is 0 Å². The Morgan fingerprint density at radius 2 is 2.09 bits per heavy atom. The van der Waals surface area contributed by atoms with E-state index < -0.39 is 17.4 Å². The smallest absolute Gasteiger partial charge is 0.410 e. The zero-order valence-electron chi connectivity index (χ0n) is 13.3. The van der Waals surface area contributed by atoms with E-state index in [1.54, 1.807) is 26.8 Å². The predicted octanol–water partition coefficient (Wildman–Crippen LogP) is 4.04. The van der Waals surface area contributed by atoms with Gasteiger partial charge in [0.05, 0.1) is 16.9 Å². The third kappa shape index (κ3) is 4.70. The zero-order valence-corrected chi connectivity index (χ0v) is 15.7. The van der Waals surface area contributed by atoms with Gasteiger partial charge in [-0.05, 0) is 42.8 Å². The topological polar surface area (TPSA) is 53.9 Å². The van der Waals surface area contributed by atoms with Crippen LogP contribution in [0.1, 0.15) is 33.6 Å². The molecule has 2 aliphatic rings. The van der Waals surface area contributed by atoms with E-state index >= 15 is 4.39 Å². The normalized spacial score (nSPS) is 21.5. The maximum Gasteiger partial charge on any atom is 0.410 e. The van der Waals surface area contributed by atoms with Crippen molar-refractivity contribution in [2.45, 2.75) is 44.9 Å². The molecule has 2 aliphatic heterocycles. The Balaban J connectivity index is 2.07. The molecule has 0 aliphatic carbocycles. The number of ether oxygens (including phenoxy) is 1. The van der Waals surface area contributed by atoms with Crippen molar-refractivity contribution in [2.75, 3.05) is 13.1 Å². The summed E-state index contributed by atoms with van der Waals surface area (Å²) in [5, 5.41) is 4.20. The number of hydrogen-bond donors (Lipinski definition) is 1. The van der Waals surface area contributed by atoms with Gasteiger partial charge in [-0.1, -0.05) is 11.6 Å². The molecule has 5 nitrogen and oxygen atoms in total. The lowest BCUT2D eigenvalue weighted by Crippen LogP contribution is -2.48. The number of nitrogens with zero attached hydrogens (tertiary/aromatic N) is 2. The molecule has 23 heavy (non-hydrogen) atoms. The third-order valence-electron chi connectivity index (χ3n) is 3.52. The van der Waals surface area contributed by atoms with Gasteiger partial charge in [-0.2, -0.15) is 5.10 Å². The first-order chi connectivity index (χ1) is 10.6. The van der Waals surface area contributed by atoms with Crippen molar-refractivity contribution in [3.8, 4) is 0 Å². The fourth-order valence-electron chi connectivity index (χ4n) is 2.38. The second kappa shape index (κ2) is 6.81. The molecule has 8 heteroatoms. The molecule has 0 aromatic rings. The second-order valence-corrected chi connectivity index (χ2v) is 7.88. The summed E-state index contributed by atoms with van der Waals surface area (Å²) in [5.41, 5.74) is 0.691. The zero-order chi connectivity index (χ0) is 17.3. The number of hydrazone groups is 1. The maximum atomic E-state index is 15.3. The largest absolute Gasteiger partial charge is 0.444 e. The van der Waals surface area contributed by atoms with E-state index in [-0.39, 0.29) is 36.7 Å². The Labute approximate surface area is 148 Å². The third-order valence-corrected chi connectivity index (χ3v) is 4.26. The molecule has 0 saturated carbocycles. The van der Waals surface area contributed by atoms with E-state index in [1.807, 2.05) is 0 Å². The SMILES string of the molecule is CC(C)(C)OC(=O)N1CCC(F)(C2=C(Cl)C=C(Br)C=NN2)CC1. The van der Waals surface area contributed by atoms with Crippen LogP contribution in [-0.4, -0.2) is 41.6 Å². The number of hydrogen-bond acceptors (Lipinski definition) is 4. The van der Waals surface area contributed by atoms with E-state index in [0.717, 1.165) is 0 Å². The van der Waals surface area contributed by atoms with Crippen molar-refractivity contribution in [3.63, 3.8) is 0 Å². The number of carbonyl (C=O) groups excluding carboxylic acids is 1. The minimum absolute atomic E-state index is 0.131. The van der Waals surface area contributed by atoms with Crippen molar-refractivity contribution < 1.29 is 13.9 Å². The highest BCUT2D eigenvalue weighted by atomic mass is 79.9. The average Bonchev–Trinajstić information content (AvgIpc) is 2.58. The summed E-state index contributed by atoms with van der Waals surface area (Å²) < 4.78 is 21.3. The summed E-state index contributed by atoms with van der Waals surface area (Å²) in [4.78, 5) is 13.6. The van der Waals surface area contributed by atoms with Crippen molar-refractivity contribution in [2.24, 2.45) is 5.10 Å². The standard InChI is InChI=1S/C15H20BrClFN3O2/c1-14(2,3)23-13(22)21-6-4-15(18,5-7-21)12-11(17)8-10(16)9-19-20-12/h8-9,20H,4-7H2,1-3H3. The molecule has 0 spiro atoms. The number of piperidine rings is 1. The Hall–Kier alpha value is -1.08. The monoisotopic (exact) mass is 407 g/mol. The number of alkyl halides is 1. The maximum absolute atomic E-state index is 15.3. The Morgan fingerprint density at radius 1 is 1.48 bits per heavy atom. The summed E-state index contributed by atoms with van der Waals surface area (Å²) in [6.45, 7) is 5.92. The number of halogens is 3. The van der Waals surface area contributed by atoms with Gasteiger partial charge in [0, 0.05) is 30.4 Å². The van der Waals surface area contributed by atoms with Gasteiger partial charge in [-0.15, -0.1) is 0 Å². The van der Waals surface area contributed by atoms with Gasteiger partial charge in [-0.3, -0.25) is 5.43 Å². The van der Waals surface area contributed by atoms with Gasteiger partial charge < -0.3 is 9.64 Å². The molecule has 0 radical (unpaired) electrons. The summed E-state index contributed by atoms with van der Waals surface area (Å²) in [5.74, 6) is 0. The van der Waals surface area contributed by atoms with Gasteiger partial charge >= 0.3 is 6.09 Å². The molecule has 0 unspecified atom stereocenters. The molecule has 2 rings (SSSR count). The van der Waals surface area contributed by atoms with Crippen LogP contribution < -0.4 is 5.43 Å². The molecule has 128 valence electrons.